The number of hydrogen-bond acceptors (Lipinski definition) is 3. The summed E-state index contributed by atoms with van der Waals surface area (Å²) in [5.74, 6) is 1.26. The van der Waals surface area contributed by atoms with Crippen LogP contribution in [0.3, 0.4) is 0 Å². The number of phenolic OH excluding ortho intramolecular Hbond substituents is 1. The summed E-state index contributed by atoms with van der Waals surface area (Å²) in [4.78, 5) is 0. The molecule has 2 rings (SSSR count). The molecular formula is C14H18Cl2O3S. The first-order valence-electron chi connectivity index (χ1n) is 6.51. The Kier molecular flexibility index (Phi) is 4.88. The van der Waals surface area contributed by atoms with Crippen molar-refractivity contribution in [3.8, 4) is 5.75 Å². The molecule has 1 saturated heterocycles. The maximum absolute atomic E-state index is 11.7. The molecule has 1 aliphatic rings. The van der Waals surface area contributed by atoms with Crippen molar-refractivity contribution in [1.82, 2.24) is 0 Å². The van der Waals surface area contributed by atoms with E-state index in [4.69, 9.17) is 23.2 Å². The molecule has 0 aromatic heterocycles. The van der Waals surface area contributed by atoms with Crippen molar-refractivity contribution in [1.29, 1.82) is 0 Å². The minimum absolute atomic E-state index is 0.00342. The van der Waals surface area contributed by atoms with E-state index in [-0.39, 0.29) is 23.2 Å². The second kappa shape index (κ2) is 6.12. The minimum atomic E-state index is -2.96. The summed E-state index contributed by atoms with van der Waals surface area (Å²) in [5, 5.41) is 9.32. The summed E-state index contributed by atoms with van der Waals surface area (Å²) in [6.45, 7) is 0. The van der Waals surface area contributed by atoms with Gasteiger partial charge in [-0.15, -0.1) is 23.2 Å². The first-order valence-corrected chi connectivity index (χ1v) is 9.40. The molecule has 1 unspecified atom stereocenters. The van der Waals surface area contributed by atoms with Crippen molar-refractivity contribution in [2.45, 2.75) is 12.8 Å². The molecule has 0 amide bonds. The summed E-state index contributed by atoms with van der Waals surface area (Å²) < 4.78 is 23.4. The van der Waals surface area contributed by atoms with E-state index < -0.39 is 15.3 Å². The lowest BCUT2D eigenvalue weighted by Gasteiger charge is -2.35. The van der Waals surface area contributed by atoms with Gasteiger partial charge in [-0.2, -0.15) is 0 Å². The number of hydrogen-bond donors (Lipinski definition) is 1. The summed E-state index contributed by atoms with van der Waals surface area (Å²) >= 11 is 12.3. The molecule has 3 nitrogen and oxygen atoms in total. The van der Waals surface area contributed by atoms with Gasteiger partial charge in [-0.1, -0.05) is 12.1 Å². The van der Waals surface area contributed by atoms with Crippen LogP contribution in [0.15, 0.2) is 24.3 Å². The molecule has 0 spiro atoms. The van der Waals surface area contributed by atoms with Gasteiger partial charge in [0.15, 0.2) is 9.84 Å². The molecule has 112 valence electrons. The minimum Gasteiger partial charge on any atom is -0.508 e. The third kappa shape index (κ3) is 3.41. The van der Waals surface area contributed by atoms with E-state index >= 15 is 0 Å². The van der Waals surface area contributed by atoms with Crippen molar-refractivity contribution >= 4 is 33.0 Å². The summed E-state index contributed by atoms with van der Waals surface area (Å²) in [6.07, 6.45) is 1.25. The van der Waals surface area contributed by atoms with E-state index in [1.54, 1.807) is 12.1 Å². The molecule has 20 heavy (non-hydrogen) atoms. The summed E-state index contributed by atoms with van der Waals surface area (Å²) in [5.41, 5.74) is 0.595. The molecule has 1 heterocycles. The van der Waals surface area contributed by atoms with Gasteiger partial charge in [0, 0.05) is 17.2 Å². The zero-order valence-corrected chi connectivity index (χ0v) is 13.4. The largest absolute Gasteiger partial charge is 0.508 e. The highest BCUT2D eigenvalue weighted by Gasteiger charge is 2.43. The van der Waals surface area contributed by atoms with Gasteiger partial charge in [0.1, 0.15) is 5.75 Å². The van der Waals surface area contributed by atoms with Crippen LogP contribution in [0.4, 0.5) is 0 Å². The number of phenols is 1. The SMILES string of the molecule is O=S1(=O)CCC(C(CCl)(CCl)Cc2ccc(O)cc2)C1. The van der Waals surface area contributed by atoms with Crippen LogP contribution in [-0.4, -0.2) is 36.8 Å². The van der Waals surface area contributed by atoms with E-state index in [1.807, 2.05) is 12.1 Å². The quantitative estimate of drug-likeness (QED) is 0.841. The molecule has 0 radical (unpaired) electrons. The van der Waals surface area contributed by atoms with Crippen molar-refractivity contribution < 1.29 is 13.5 Å². The molecule has 1 N–H and O–H groups in total. The fraction of sp³-hybridized carbons (Fsp3) is 0.571. The Balaban J connectivity index is 2.23. The Labute approximate surface area is 129 Å². The molecular weight excluding hydrogens is 319 g/mol. The molecule has 0 saturated carbocycles. The third-order valence-electron chi connectivity index (χ3n) is 4.12. The Hall–Kier alpha value is -0.450. The number of halogens is 2. The topological polar surface area (TPSA) is 54.4 Å². The normalized spacial score (nSPS) is 22.0. The zero-order valence-electron chi connectivity index (χ0n) is 11.1. The van der Waals surface area contributed by atoms with E-state index in [9.17, 15) is 13.5 Å². The smallest absolute Gasteiger partial charge is 0.150 e. The van der Waals surface area contributed by atoms with Crippen LogP contribution in [0.25, 0.3) is 0 Å². The predicted molar refractivity (Wildman–Crippen MR) is 82.4 cm³/mol. The Morgan fingerprint density at radius 1 is 1.20 bits per heavy atom. The van der Waals surface area contributed by atoms with Crippen LogP contribution in [0, 0.1) is 11.3 Å². The Bertz CT molecular complexity index is 550. The first-order chi connectivity index (χ1) is 9.41. The van der Waals surface area contributed by atoms with Gasteiger partial charge in [0.05, 0.1) is 11.5 Å². The number of alkyl halides is 2. The number of sulfone groups is 1. The molecule has 1 aromatic carbocycles. The van der Waals surface area contributed by atoms with E-state index in [0.29, 0.717) is 24.6 Å². The third-order valence-corrected chi connectivity index (χ3v) is 6.96. The fourth-order valence-corrected chi connectivity index (χ4v) is 5.65. The van der Waals surface area contributed by atoms with Crippen molar-refractivity contribution in [2.75, 3.05) is 23.3 Å². The Morgan fingerprint density at radius 3 is 2.25 bits per heavy atom. The van der Waals surface area contributed by atoms with Crippen LogP contribution in [-0.2, 0) is 16.3 Å². The van der Waals surface area contributed by atoms with Gasteiger partial charge in [-0.25, -0.2) is 8.42 Å². The maximum atomic E-state index is 11.7. The second-order valence-corrected chi connectivity index (χ2v) is 8.34. The summed E-state index contributed by atoms with van der Waals surface area (Å²) in [7, 11) is -2.96. The zero-order chi connectivity index (χ0) is 14.8. The van der Waals surface area contributed by atoms with E-state index in [1.165, 1.54) is 0 Å². The lowest BCUT2D eigenvalue weighted by atomic mass is 9.73. The van der Waals surface area contributed by atoms with Gasteiger partial charge >= 0.3 is 0 Å². The van der Waals surface area contributed by atoms with Crippen molar-refractivity contribution in [3.05, 3.63) is 29.8 Å². The number of benzene rings is 1. The van der Waals surface area contributed by atoms with Crippen LogP contribution >= 0.6 is 23.2 Å². The molecule has 0 aliphatic carbocycles. The lowest BCUT2D eigenvalue weighted by molar-refractivity contribution is 0.244. The number of aromatic hydroxyl groups is 1. The van der Waals surface area contributed by atoms with Gasteiger partial charge in [-0.05, 0) is 36.5 Å². The predicted octanol–water partition coefficient (Wildman–Crippen LogP) is 2.83. The van der Waals surface area contributed by atoms with E-state index in [0.717, 1.165) is 5.56 Å². The lowest BCUT2D eigenvalue weighted by Crippen LogP contribution is -2.37. The average Bonchev–Trinajstić information content (AvgIpc) is 2.79. The van der Waals surface area contributed by atoms with Crippen LogP contribution in [0.1, 0.15) is 12.0 Å². The van der Waals surface area contributed by atoms with Gasteiger partial charge in [-0.3, -0.25) is 0 Å². The van der Waals surface area contributed by atoms with Gasteiger partial charge in [0.25, 0.3) is 0 Å². The first kappa shape index (κ1) is 15.9. The molecule has 0 bridgehead atoms. The fourth-order valence-electron chi connectivity index (χ4n) is 2.79. The van der Waals surface area contributed by atoms with Crippen LogP contribution in [0.5, 0.6) is 5.75 Å². The maximum Gasteiger partial charge on any atom is 0.150 e. The molecule has 1 aliphatic heterocycles. The van der Waals surface area contributed by atoms with Gasteiger partial charge in [0.2, 0.25) is 0 Å². The standard InChI is InChI=1S/C14H18Cl2O3S/c15-9-14(10-16,12-5-6-20(18,19)8-12)7-11-1-3-13(17)4-2-11/h1-4,12,17H,5-10H2. The Morgan fingerprint density at radius 2 is 1.80 bits per heavy atom. The van der Waals surface area contributed by atoms with Crippen molar-refractivity contribution in [2.24, 2.45) is 11.3 Å². The molecule has 6 heteroatoms. The molecule has 1 atom stereocenters. The second-order valence-electron chi connectivity index (χ2n) is 5.57. The van der Waals surface area contributed by atoms with Gasteiger partial charge < -0.3 is 5.11 Å². The highest BCUT2D eigenvalue weighted by molar-refractivity contribution is 7.91. The van der Waals surface area contributed by atoms with E-state index in [2.05, 4.69) is 0 Å². The molecule has 1 fully saturated rings. The highest BCUT2D eigenvalue weighted by Crippen LogP contribution is 2.41. The monoisotopic (exact) mass is 336 g/mol. The molecule has 1 aromatic rings. The average molecular weight is 337 g/mol. The summed E-state index contributed by atoms with van der Waals surface area (Å²) in [6, 6.07) is 6.89. The highest BCUT2D eigenvalue weighted by atomic mass is 35.5. The van der Waals surface area contributed by atoms with Crippen LogP contribution < -0.4 is 0 Å². The number of rotatable bonds is 5. The van der Waals surface area contributed by atoms with Crippen LogP contribution in [0.2, 0.25) is 0 Å². The van der Waals surface area contributed by atoms with Crippen molar-refractivity contribution in [3.63, 3.8) is 0 Å².